The summed E-state index contributed by atoms with van der Waals surface area (Å²) in [6.07, 6.45) is 0.904. The Morgan fingerprint density at radius 2 is 1.88 bits per heavy atom. The second-order valence-corrected chi connectivity index (χ2v) is 3.88. The van der Waals surface area contributed by atoms with Crippen molar-refractivity contribution < 1.29 is 14.3 Å². The average molecular weight is 245 g/mol. The van der Waals surface area contributed by atoms with Crippen LogP contribution in [0.4, 0.5) is 0 Å². The Labute approximate surface area is 102 Å². The molecule has 0 aromatic rings. The van der Waals surface area contributed by atoms with Gasteiger partial charge in [0.05, 0.1) is 19.7 Å². The maximum Gasteiger partial charge on any atom is 0.234 e. The number of hydrogen-bond acceptors (Lipinski definition) is 4. The molecule has 0 rings (SSSR count). The molecule has 17 heavy (non-hydrogen) atoms. The zero-order valence-corrected chi connectivity index (χ0v) is 10.8. The molecule has 6 nitrogen and oxygen atoms in total. The second kappa shape index (κ2) is 10.0. The Morgan fingerprint density at radius 1 is 1.24 bits per heavy atom. The van der Waals surface area contributed by atoms with E-state index in [1.165, 1.54) is 0 Å². The zero-order valence-electron chi connectivity index (χ0n) is 10.8. The third kappa shape index (κ3) is 9.77. The van der Waals surface area contributed by atoms with Crippen molar-refractivity contribution in [1.82, 2.24) is 16.0 Å². The van der Waals surface area contributed by atoms with Crippen LogP contribution in [0.5, 0.6) is 0 Å². The van der Waals surface area contributed by atoms with E-state index < -0.39 is 0 Å². The van der Waals surface area contributed by atoms with Crippen LogP contribution in [0.15, 0.2) is 0 Å². The fraction of sp³-hybridized carbons (Fsp3) is 0.818. The quantitative estimate of drug-likeness (QED) is 0.499. The lowest BCUT2D eigenvalue weighted by Gasteiger charge is -2.12. The highest BCUT2D eigenvalue weighted by molar-refractivity contribution is 5.81. The highest BCUT2D eigenvalue weighted by Crippen LogP contribution is 1.81. The van der Waals surface area contributed by atoms with Gasteiger partial charge in [-0.3, -0.25) is 14.9 Å². The standard InChI is InChI=1S/C11H23N3O3/c1-4-5-13-10(15)6-12-7-11(16)14-9(2)8-17-3/h9,12H,4-8H2,1-3H3,(H,13,15)(H,14,16). The van der Waals surface area contributed by atoms with Gasteiger partial charge in [0.15, 0.2) is 0 Å². The maximum atomic E-state index is 11.4. The number of amides is 2. The van der Waals surface area contributed by atoms with Gasteiger partial charge < -0.3 is 15.4 Å². The van der Waals surface area contributed by atoms with E-state index in [-0.39, 0.29) is 30.9 Å². The molecule has 0 aliphatic heterocycles. The molecule has 0 aromatic carbocycles. The number of methoxy groups -OCH3 is 1. The van der Waals surface area contributed by atoms with Gasteiger partial charge in [0.1, 0.15) is 0 Å². The van der Waals surface area contributed by atoms with E-state index in [1.54, 1.807) is 7.11 Å². The third-order valence-corrected chi connectivity index (χ3v) is 1.97. The van der Waals surface area contributed by atoms with Crippen LogP contribution in [0.1, 0.15) is 20.3 Å². The molecule has 100 valence electrons. The lowest BCUT2D eigenvalue weighted by molar-refractivity contribution is -0.121. The van der Waals surface area contributed by atoms with Crippen LogP contribution in [-0.4, -0.2) is 51.2 Å². The van der Waals surface area contributed by atoms with Crippen molar-refractivity contribution in [2.45, 2.75) is 26.3 Å². The van der Waals surface area contributed by atoms with Crippen LogP contribution in [-0.2, 0) is 14.3 Å². The third-order valence-electron chi connectivity index (χ3n) is 1.97. The van der Waals surface area contributed by atoms with Gasteiger partial charge >= 0.3 is 0 Å². The minimum absolute atomic E-state index is 0.0248. The molecular formula is C11H23N3O3. The fourth-order valence-corrected chi connectivity index (χ4v) is 1.23. The summed E-state index contributed by atoms with van der Waals surface area (Å²) in [5.74, 6) is -0.234. The molecule has 0 bridgehead atoms. The van der Waals surface area contributed by atoms with Gasteiger partial charge in [-0.1, -0.05) is 6.92 Å². The van der Waals surface area contributed by atoms with Crippen molar-refractivity contribution in [3.05, 3.63) is 0 Å². The maximum absolute atomic E-state index is 11.4. The summed E-state index contributed by atoms with van der Waals surface area (Å²) in [6, 6.07) is -0.0248. The lowest BCUT2D eigenvalue weighted by atomic mass is 10.3. The van der Waals surface area contributed by atoms with Gasteiger partial charge in [-0.15, -0.1) is 0 Å². The SMILES string of the molecule is CCCNC(=O)CNCC(=O)NC(C)COC. The molecule has 0 heterocycles. The summed E-state index contributed by atoms with van der Waals surface area (Å²) in [4.78, 5) is 22.5. The van der Waals surface area contributed by atoms with Crippen molar-refractivity contribution in [3.8, 4) is 0 Å². The molecule has 0 aliphatic rings. The van der Waals surface area contributed by atoms with E-state index in [4.69, 9.17) is 4.74 Å². The number of nitrogens with one attached hydrogen (secondary N) is 3. The van der Waals surface area contributed by atoms with Crippen LogP contribution in [0.3, 0.4) is 0 Å². The molecule has 0 fully saturated rings. The highest BCUT2D eigenvalue weighted by Gasteiger charge is 2.07. The first-order valence-electron chi connectivity index (χ1n) is 5.85. The zero-order chi connectivity index (χ0) is 13.1. The number of carbonyl (C=O) groups excluding carboxylic acids is 2. The van der Waals surface area contributed by atoms with E-state index in [0.717, 1.165) is 6.42 Å². The van der Waals surface area contributed by atoms with Crippen molar-refractivity contribution in [3.63, 3.8) is 0 Å². The number of rotatable bonds is 9. The minimum atomic E-state index is -0.141. The van der Waals surface area contributed by atoms with Crippen molar-refractivity contribution in [2.75, 3.05) is 33.4 Å². The first-order chi connectivity index (χ1) is 8.10. The van der Waals surface area contributed by atoms with E-state index >= 15 is 0 Å². The molecule has 0 aliphatic carbocycles. The van der Waals surface area contributed by atoms with Gasteiger partial charge in [-0.25, -0.2) is 0 Å². The number of carbonyl (C=O) groups is 2. The van der Waals surface area contributed by atoms with Crippen LogP contribution in [0.25, 0.3) is 0 Å². The molecule has 1 atom stereocenters. The van der Waals surface area contributed by atoms with Crippen molar-refractivity contribution >= 4 is 11.8 Å². The summed E-state index contributed by atoms with van der Waals surface area (Å²) < 4.78 is 4.89. The molecule has 3 N–H and O–H groups in total. The number of hydrogen-bond donors (Lipinski definition) is 3. The largest absolute Gasteiger partial charge is 0.383 e. The number of ether oxygens (including phenoxy) is 1. The van der Waals surface area contributed by atoms with E-state index in [1.807, 2.05) is 13.8 Å². The van der Waals surface area contributed by atoms with Crippen molar-refractivity contribution in [1.29, 1.82) is 0 Å². The van der Waals surface area contributed by atoms with Gasteiger partial charge in [0.2, 0.25) is 11.8 Å². The molecule has 0 aromatic heterocycles. The lowest BCUT2D eigenvalue weighted by Crippen LogP contribution is -2.43. The first kappa shape index (κ1) is 15.9. The first-order valence-corrected chi connectivity index (χ1v) is 5.85. The fourth-order valence-electron chi connectivity index (χ4n) is 1.23. The molecule has 0 saturated carbocycles. The van der Waals surface area contributed by atoms with Gasteiger partial charge in [-0.05, 0) is 13.3 Å². The average Bonchev–Trinajstić information content (AvgIpc) is 2.26. The Hall–Kier alpha value is -1.14. The summed E-state index contributed by atoms with van der Waals surface area (Å²) in [7, 11) is 1.58. The van der Waals surface area contributed by atoms with Gasteiger partial charge in [0.25, 0.3) is 0 Å². The Bertz CT molecular complexity index is 234. The highest BCUT2D eigenvalue weighted by atomic mass is 16.5. The monoisotopic (exact) mass is 245 g/mol. The van der Waals surface area contributed by atoms with E-state index in [2.05, 4.69) is 16.0 Å². The molecule has 6 heteroatoms. The van der Waals surface area contributed by atoms with Gasteiger partial charge in [-0.2, -0.15) is 0 Å². The van der Waals surface area contributed by atoms with Crippen molar-refractivity contribution in [2.24, 2.45) is 0 Å². The second-order valence-electron chi connectivity index (χ2n) is 3.88. The topological polar surface area (TPSA) is 79.5 Å². The van der Waals surface area contributed by atoms with Crippen LogP contribution in [0.2, 0.25) is 0 Å². The van der Waals surface area contributed by atoms with Crippen LogP contribution in [0, 0.1) is 0 Å². The van der Waals surface area contributed by atoms with E-state index in [0.29, 0.717) is 13.2 Å². The summed E-state index contributed by atoms with van der Waals surface area (Å²) in [6.45, 7) is 5.27. The summed E-state index contributed by atoms with van der Waals surface area (Å²) in [5.41, 5.74) is 0. The summed E-state index contributed by atoms with van der Waals surface area (Å²) in [5, 5.41) is 8.23. The Balaban J connectivity index is 3.53. The Morgan fingerprint density at radius 3 is 2.47 bits per heavy atom. The molecular weight excluding hydrogens is 222 g/mol. The van der Waals surface area contributed by atoms with Gasteiger partial charge in [0, 0.05) is 19.7 Å². The molecule has 1 unspecified atom stereocenters. The molecule has 0 saturated heterocycles. The normalized spacial score (nSPS) is 11.9. The van der Waals surface area contributed by atoms with Crippen LogP contribution >= 0.6 is 0 Å². The van der Waals surface area contributed by atoms with Crippen LogP contribution < -0.4 is 16.0 Å². The summed E-state index contributed by atoms with van der Waals surface area (Å²) >= 11 is 0. The molecule has 0 spiro atoms. The molecule has 0 radical (unpaired) electrons. The predicted octanol–water partition coefficient (Wildman–Crippen LogP) is -0.747. The minimum Gasteiger partial charge on any atom is -0.383 e. The predicted molar refractivity (Wildman–Crippen MR) is 65.7 cm³/mol. The Kier molecular flexibility index (Phi) is 9.37. The molecule has 2 amide bonds. The smallest absolute Gasteiger partial charge is 0.234 e. The van der Waals surface area contributed by atoms with E-state index in [9.17, 15) is 9.59 Å².